The molecule has 0 bridgehead atoms. The van der Waals surface area contributed by atoms with E-state index in [-0.39, 0.29) is 0 Å². The Morgan fingerprint density at radius 1 is 1.60 bits per heavy atom. The normalized spacial score (nSPS) is 12.5. The molecule has 1 aromatic heterocycles. The van der Waals surface area contributed by atoms with Crippen LogP contribution >= 0.6 is 11.3 Å². The van der Waals surface area contributed by atoms with Crippen LogP contribution in [0.15, 0.2) is 0 Å². The van der Waals surface area contributed by atoms with Crippen LogP contribution in [0.2, 0.25) is 0 Å². The van der Waals surface area contributed by atoms with Gasteiger partial charge in [0.05, 0.1) is 10.6 Å². The summed E-state index contributed by atoms with van der Waals surface area (Å²) in [7, 11) is 2.03. The first-order valence-corrected chi connectivity index (χ1v) is 6.03. The first kappa shape index (κ1) is 12.2. The van der Waals surface area contributed by atoms with Gasteiger partial charge in [-0.2, -0.15) is 0 Å². The van der Waals surface area contributed by atoms with Crippen molar-refractivity contribution in [1.29, 1.82) is 0 Å². The lowest BCUT2D eigenvalue weighted by molar-refractivity contribution is 0.112. The SMILES string of the molecule is CCC(C)CN(C)c1nc(C)c(C=O)s1. The lowest BCUT2D eigenvalue weighted by atomic mass is 10.1. The van der Waals surface area contributed by atoms with Crippen LogP contribution < -0.4 is 4.90 Å². The number of hydrogen-bond acceptors (Lipinski definition) is 4. The maximum Gasteiger partial charge on any atom is 0.185 e. The molecule has 4 heteroatoms. The summed E-state index contributed by atoms with van der Waals surface area (Å²) < 4.78 is 0. The monoisotopic (exact) mass is 226 g/mol. The van der Waals surface area contributed by atoms with Crippen molar-refractivity contribution in [2.75, 3.05) is 18.5 Å². The van der Waals surface area contributed by atoms with Crippen LogP contribution in [0.4, 0.5) is 5.13 Å². The van der Waals surface area contributed by atoms with Gasteiger partial charge in [-0.15, -0.1) is 0 Å². The lowest BCUT2D eigenvalue weighted by Gasteiger charge is -2.19. The summed E-state index contributed by atoms with van der Waals surface area (Å²) in [6.45, 7) is 7.27. The van der Waals surface area contributed by atoms with Gasteiger partial charge in [0.25, 0.3) is 0 Å². The first-order valence-electron chi connectivity index (χ1n) is 5.22. The number of aldehydes is 1. The Morgan fingerprint density at radius 2 is 2.27 bits per heavy atom. The van der Waals surface area contributed by atoms with E-state index in [1.807, 2.05) is 14.0 Å². The summed E-state index contributed by atoms with van der Waals surface area (Å²) in [6.07, 6.45) is 2.04. The van der Waals surface area contributed by atoms with E-state index in [0.717, 1.165) is 35.0 Å². The van der Waals surface area contributed by atoms with Crippen LogP contribution in [0.5, 0.6) is 0 Å². The zero-order valence-electron chi connectivity index (χ0n) is 9.78. The van der Waals surface area contributed by atoms with Gasteiger partial charge in [-0.1, -0.05) is 31.6 Å². The zero-order valence-corrected chi connectivity index (χ0v) is 10.6. The van der Waals surface area contributed by atoms with Gasteiger partial charge in [-0.3, -0.25) is 4.79 Å². The van der Waals surface area contributed by atoms with Crippen LogP contribution in [0.1, 0.15) is 35.6 Å². The number of carbonyl (C=O) groups is 1. The summed E-state index contributed by atoms with van der Waals surface area (Å²) in [6, 6.07) is 0. The number of rotatable bonds is 5. The van der Waals surface area contributed by atoms with Crippen LogP contribution in [0.25, 0.3) is 0 Å². The van der Waals surface area contributed by atoms with Gasteiger partial charge >= 0.3 is 0 Å². The molecule has 0 aliphatic carbocycles. The minimum absolute atomic E-state index is 0.652. The molecule has 0 spiro atoms. The Kier molecular flexibility index (Phi) is 4.27. The summed E-state index contributed by atoms with van der Waals surface area (Å²) >= 11 is 1.47. The van der Waals surface area contributed by atoms with Gasteiger partial charge in [0.15, 0.2) is 11.4 Å². The fourth-order valence-corrected chi connectivity index (χ4v) is 2.19. The molecule has 0 saturated heterocycles. The smallest absolute Gasteiger partial charge is 0.185 e. The fourth-order valence-electron chi connectivity index (χ4n) is 1.34. The molecule has 0 aliphatic rings. The minimum atomic E-state index is 0.652. The molecule has 1 rings (SSSR count). The molecule has 15 heavy (non-hydrogen) atoms. The van der Waals surface area contributed by atoms with Crippen molar-refractivity contribution in [3.8, 4) is 0 Å². The highest BCUT2D eigenvalue weighted by Gasteiger charge is 2.12. The van der Waals surface area contributed by atoms with E-state index in [1.165, 1.54) is 11.3 Å². The van der Waals surface area contributed by atoms with Gasteiger partial charge in [0.2, 0.25) is 0 Å². The van der Waals surface area contributed by atoms with Crippen LogP contribution in [-0.2, 0) is 0 Å². The molecule has 1 atom stereocenters. The van der Waals surface area contributed by atoms with E-state index >= 15 is 0 Å². The second kappa shape index (κ2) is 5.26. The second-order valence-electron chi connectivity index (χ2n) is 3.96. The van der Waals surface area contributed by atoms with Gasteiger partial charge in [-0.25, -0.2) is 4.98 Å². The Balaban J connectivity index is 2.73. The van der Waals surface area contributed by atoms with Crippen LogP contribution in [-0.4, -0.2) is 24.9 Å². The number of aromatic nitrogens is 1. The molecule has 0 N–H and O–H groups in total. The quantitative estimate of drug-likeness (QED) is 0.724. The number of nitrogens with zero attached hydrogens (tertiary/aromatic N) is 2. The molecule has 0 fully saturated rings. The van der Waals surface area contributed by atoms with Crippen LogP contribution in [0, 0.1) is 12.8 Å². The second-order valence-corrected chi connectivity index (χ2v) is 4.97. The highest BCUT2D eigenvalue weighted by Crippen LogP contribution is 2.24. The highest BCUT2D eigenvalue weighted by atomic mass is 32.1. The topological polar surface area (TPSA) is 33.2 Å². The van der Waals surface area contributed by atoms with Crippen molar-refractivity contribution >= 4 is 22.8 Å². The number of carbonyl (C=O) groups excluding carboxylic acids is 1. The number of anilines is 1. The van der Waals surface area contributed by atoms with Crippen molar-refractivity contribution in [1.82, 2.24) is 4.98 Å². The summed E-state index contributed by atoms with van der Waals surface area (Å²) in [5, 5.41) is 0.940. The largest absolute Gasteiger partial charge is 0.351 e. The number of aryl methyl sites for hydroxylation is 1. The number of hydrogen-bond donors (Lipinski definition) is 0. The maximum atomic E-state index is 10.7. The fraction of sp³-hybridized carbons (Fsp3) is 0.636. The predicted molar refractivity (Wildman–Crippen MR) is 65.0 cm³/mol. The summed E-state index contributed by atoms with van der Waals surface area (Å²) in [4.78, 5) is 17.9. The molecular formula is C11H18N2OS. The van der Waals surface area contributed by atoms with Crippen molar-refractivity contribution < 1.29 is 4.79 Å². The van der Waals surface area contributed by atoms with Crippen molar-refractivity contribution in [3.63, 3.8) is 0 Å². The molecule has 3 nitrogen and oxygen atoms in total. The maximum absolute atomic E-state index is 10.7. The molecule has 1 unspecified atom stereocenters. The molecule has 0 amide bonds. The Labute approximate surface area is 95.1 Å². The lowest BCUT2D eigenvalue weighted by Crippen LogP contribution is -2.23. The van der Waals surface area contributed by atoms with Gasteiger partial charge in [-0.05, 0) is 12.8 Å². The zero-order chi connectivity index (χ0) is 11.4. The van der Waals surface area contributed by atoms with Crippen molar-refractivity contribution in [2.45, 2.75) is 27.2 Å². The van der Waals surface area contributed by atoms with Gasteiger partial charge in [0.1, 0.15) is 0 Å². The van der Waals surface area contributed by atoms with E-state index in [4.69, 9.17) is 0 Å². The summed E-state index contributed by atoms with van der Waals surface area (Å²) in [5.74, 6) is 0.652. The van der Waals surface area contributed by atoms with E-state index in [1.54, 1.807) is 0 Å². The number of thiazole rings is 1. The Hall–Kier alpha value is -0.900. The predicted octanol–water partition coefficient (Wildman–Crippen LogP) is 2.75. The standard InChI is InChI=1S/C11H18N2OS/c1-5-8(2)6-13(4)11-12-9(3)10(7-14)15-11/h7-8H,5-6H2,1-4H3. The Morgan fingerprint density at radius 3 is 2.73 bits per heavy atom. The van der Waals surface area contributed by atoms with Crippen molar-refractivity contribution in [2.24, 2.45) is 5.92 Å². The minimum Gasteiger partial charge on any atom is -0.351 e. The molecule has 1 aromatic rings. The first-order chi connectivity index (χ1) is 7.08. The Bertz CT molecular complexity index is 335. The highest BCUT2D eigenvalue weighted by molar-refractivity contribution is 7.17. The molecular weight excluding hydrogens is 208 g/mol. The van der Waals surface area contributed by atoms with E-state index < -0.39 is 0 Å². The van der Waals surface area contributed by atoms with Gasteiger partial charge in [0, 0.05) is 13.6 Å². The molecule has 84 valence electrons. The average molecular weight is 226 g/mol. The molecule has 0 saturated carbocycles. The van der Waals surface area contributed by atoms with Crippen molar-refractivity contribution in [3.05, 3.63) is 10.6 Å². The van der Waals surface area contributed by atoms with E-state index in [0.29, 0.717) is 5.92 Å². The molecule has 1 heterocycles. The molecule has 0 radical (unpaired) electrons. The van der Waals surface area contributed by atoms with Gasteiger partial charge < -0.3 is 4.90 Å². The third kappa shape index (κ3) is 3.02. The molecule has 0 aliphatic heterocycles. The summed E-state index contributed by atoms with van der Waals surface area (Å²) in [5.41, 5.74) is 0.834. The third-order valence-electron chi connectivity index (χ3n) is 2.54. The van der Waals surface area contributed by atoms with E-state index in [2.05, 4.69) is 23.7 Å². The average Bonchev–Trinajstić information content (AvgIpc) is 2.59. The van der Waals surface area contributed by atoms with E-state index in [9.17, 15) is 4.79 Å². The van der Waals surface area contributed by atoms with Crippen LogP contribution in [0.3, 0.4) is 0 Å². The molecule has 0 aromatic carbocycles. The third-order valence-corrected chi connectivity index (χ3v) is 3.73.